The summed E-state index contributed by atoms with van der Waals surface area (Å²) in [5, 5.41) is 0. The van der Waals surface area contributed by atoms with E-state index in [9.17, 15) is 9.18 Å². The van der Waals surface area contributed by atoms with E-state index < -0.39 is 11.3 Å². The Hall–Kier alpha value is -1.65. The number of carbonyl (C=O) groups excluding carboxylic acids is 1. The summed E-state index contributed by atoms with van der Waals surface area (Å²) in [6.45, 7) is 6.26. The molecular formula is C16H23FN2O2. The van der Waals surface area contributed by atoms with Crippen LogP contribution in [0.2, 0.25) is 0 Å². The molecule has 1 aromatic rings. The number of carbonyl (C=O) groups is 1. The number of hydrogen-bond acceptors (Lipinski definition) is 3. The van der Waals surface area contributed by atoms with Crippen LogP contribution in [0.15, 0.2) is 24.4 Å². The van der Waals surface area contributed by atoms with E-state index in [1.165, 1.54) is 0 Å². The molecule has 0 spiro atoms. The van der Waals surface area contributed by atoms with Gasteiger partial charge >= 0.3 is 6.09 Å². The molecule has 1 amide bonds. The number of likely N-dealkylation sites (tertiary alicyclic amines) is 1. The minimum atomic E-state index is -1.28. The van der Waals surface area contributed by atoms with Crippen LogP contribution in [0.1, 0.15) is 39.3 Å². The highest BCUT2D eigenvalue weighted by Gasteiger charge is 2.37. The SMILES string of the molecule is CC(C)(C)OC(=O)N1CCC(F)(Cc2ccccn2)CC1. The Kier molecular flexibility index (Phi) is 4.49. The van der Waals surface area contributed by atoms with Gasteiger partial charge in [-0.25, -0.2) is 9.18 Å². The van der Waals surface area contributed by atoms with Crippen molar-refractivity contribution in [2.45, 2.75) is 51.3 Å². The topological polar surface area (TPSA) is 42.4 Å². The van der Waals surface area contributed by atoms with E-state index >= 15 is 0 Å². The number of ether oxygens (including phenoxy) is 1. The van der Waals surface area contributed by atoms with Crippen molar-refractivity contribution in [1.29, 1.82) is 0 Å². The molecule has 2 heterocycles. The normalized spacial score (nSPS) is 18.4. The molecule has 1 aliphatic heterocycles. The zero-order chi connectivity index (χ0) is 15.5. The van der Waals surface area contributed by atoms with Crippen LogP contribution in [-0.2, 0) is 11.2 Å². The first kappa shape index (κ1) is 15.7. The Bertz CT molecular complexity index is 477. The second-order valence-electron chi connectivity index (χ2n) is 6.62. The van der Waals surface area contributed by atoms with Gasteiger partial charge in [-0.1, -0.05) is 6.07 Å². The number of amides is 1. The van der Waals surface area contributed by atoms with Gasteiger partial charge in [0.1, 0.15) is 11.3 Å². The molecule has 1 aliphatic rings. The van der Waals surface area contributed by atoms with E-state index in [4.69, 9.17) is 4.74 Å². The lowest BCUT2D eigenvalue weighted by molar-refractivity contribution is 0.00323. The van der Waals surface area contributed by atoms with Crippen LogP contribution in [0.5, 0.6) is 0 Å². The number of alkyl halides is 1. The first-order chi connectivity index (χ1) is 9.77. The third-order valence-electron chi connectivity index (χ3n) is 3.54. The third-order valence-corrected chi connectivity index (χ3v) is 3.54. The van der Waals surface area contributed by atoms with Crippen molar-refractivity contribution in [2.24, 2.45) is 0 Å². The summed E-state index contributed by atoms with van der Waals surface area (Å²) in [5.74, 6) is 0. The molecular weight excluding hydrogens is 271 g/mol. The summed E-state index contributed by atoms with van der Waals surface area (Å²) < 4.78 is 20.1. The van der Waals surface area contributed by atoms with E-state index in [1.54, 1.807) is 11.1 Å². The molecule has 1 aromatic heterocycles. The largest absolute Gasteiger partial charge is 0.444 e. The molecule has 4 nitrogen and oxygen atoms in total. The maximum absolute atomic E-state index is 14.8. The zero-order valence-corrected chi connectivity index (χ0v) is 12.9. The van der Waals surface area contributed by atoms with Gasteiger partial charge in [0.25, 0.3) is 0 Å². The lowest BCUT2D eigenvalue weighted by Gasteiger charge is -2.36. The number of aromatic nitrogens is 1. The molecule has 0 radical (unpaired) electrons. The molecule has 0 saturated carbocycles. The van der Waals surface area contributed by atoms with Crippen LogP contribution in [-0.4, -0.2) is 40.3 Å². The molecule has 0 N–H and O–H groups in total. The van der Waals surface area contributed by atoms with Gasteiger partial charge in [0, 0.05) is 31.4 Å². The molecule has 0 unspecified atom stereocenters. The maximum atomic E-state index is 14.8. The Labute approximate surface area is 125 Å². The number of hydrogen-bond donors (Lipinski definition) is 0. The monoisotopic (exact) mass is 294 g/mol. The number of nitrogens with zero attached hydrogens (tertiary/aromatic N) is 2. The summed E-state index contributed by atoms with van der Waals surface area (Å²) in [6.07, 6.45) is 2.26. The molecule has 1 fully saturated rings. The Morgan fingerprint density at radius 1 is 1.38 bits per heavy atom. The van der Waals surface area contributed by atoms with E-state index in [2.05, 4.69) is 4.98 Å². The Balaban J connectivity index is 1.89. The van der Waals surface area contributed by atoms with Crippen molar-refractivity contribution >= 4 is 6.09 Å². The number of rotatable bonds is 2. The van der Waals surface area contributed by atoms with Gasteiger partial charge in [-0.15, -0.1) is 0 Å². The summed E-state index contributed by atoms with van der Waals surface area (Å²) in [7, 11) is 0. The standard InChI is InChI=1S/C16H23FN2O2/c1-15(2,3)21-14(20)19-10-7-16(17,8-11-19)12-13-6-4-5-9-18-13/h4-6,9H,7-8,10-12H2,1-3H3. The molecule has 1 saturated heterocycles. The van der Waals surface area contributed by atoms with Crippen molar-refractivity contribution in [3.63, 3.8) is 0 Å². The highest BCUT2D eigenvalue weighted by atomic mass is 19.1. The fraction of sp³-hybridized carbons (Fsp3) is 0.625. The minimum absolute atomic E-state index is 0.302. The van der Waals surface area contributed by atoms with Crippen LogP contribution < -0.4 is 0 Å². The molecule has 5 heteroatoms. The first-order valence-electron chi connectivity index (χ1n) is 7.34. The maximum Gasteiger partial charge on any atom is 0.410 e. The molecule has 2 rings (SSSR count). The van der Waals surface area contributed by atoms with E-state index in [1.807, 2.05) is 39.0 Å². The van der Waals surface area contributed by atoms with Crippen molar-refractivity contribution in [3.8, 4) is 0 Å². The van der Waals surface area contributed by atoms with Crippen LogP contribution in [0.25, 0.3) is 0 Å². The molecule has 116 valence electrons. The summed E-state index contributed by atoms with van der Waals surface area (Å²) in [5.41, 5.74) is -1.05. The molecule has 21 heavy (non-hydrogen) atoms. The zero-order valence-electron chi connectivity index (χ0n) is 12.9. The van der Waals surface area contributed by atoms with Crippen molar-refractivity contribution in [3.05, 3.63) is 30.1 Å². The van der Waals surface area contributed by atoms with Gasteiger partial charge in [0.05, 0.1) is 0 Å². The molecule has 0 aromatic carbocycles. The lowest BCUT2D eigenvalue weighted by atomic mass is 9.89. The van der Waals surface area contributed by atoms with Gasteiger partial charge in [0.2, 0.25) is 0 Å². The van der Waals surface area contributed by atoms with E-state index in [0.717, 1.165) is 5.69 Å². The number of halogens is 1. The summed E-state index contributed by atoms with van der Waals surface area (Å²) in [6, 6.07) is 5.52. The lowest BCUT2D eigenvalue weighted by Crippen LogP contribution is -2.47. The Morgan fingerprint density at radius 3 is 2.57 bits per heavy atom. The second kappa shape index (κ2) is 6.00. The molecule has 0 atom stereocenters. The van der Waals surface area contributed by atoms with Crippen LogP contribution in [0, 0.1) is 0 Å². The molecule has 0 aliphatic carbocycles. The van der Waals surface area contributed by atoms with E-state index in [-0.39, 0.29) is 6.09 Å². The predicted molar refractivity (Wildman–Crippen MR) is 78.8 cm³/mol. The van der Waals surface area contributed by atoms with Gasteiger partial charge < -0.3 is 9.64 Å². The minimum Gasteiger partial charge on any atom is -0.444 e. The summed E-state index contributed by atoms with van der Waals surface area (Å²) in [4.78, 5) is 17.7. The highest BCUT2D eigenvalue weighted by Crippen LogP contribution is 2.30. The first-order valence-corrected chi connectivity index (χ1v) is 7.34. The average molecular weight is 294 g/mol. The summed E-state index contributed by atoms with van der Waals surface area (Å²) >= 11 is 0. The molecule has 0 bridgehead atoms. The third kappa shape index (κ3) is 4.69. The average Bonchev–Trinajstić information content (AvgIpc) is 2.38. The van der Waals surface area contributed by atoms with Gasteiger partial charge in [-0.3, -0.25) is 4.98 Å². The van der Waals surface area contributed by atoms with Gasteiger partial charge in [-0.05, 0) is 45.7 Å². The number of piperidine rings is 1. The highest BCUT2D eigenvalue weighted by molar-refractivity contribution is 5.68. The van der Waals surface area contributed by atoms with Crippen LogP contribution in [0.4, 0.5) is 9.18 Å². The second-order valence-corrected chi connectivity index (χ2v) is 6.62. The van der Waals surface area contributed by atoms with Crippen molar-refractivity contribution < 1.29 is 13.9 Å². The van der Waals surface area contributed by atoms with Crippen molar-refractivity contribution in [2.75, 3.05) is 13.1 Å². The number of pyridine rings is 1. The fourth-order valence-electron chi connectivity index (χ4n) is 2.42. The predicted octanol–water partition coefficient (Wildman–Crippen LogP) is 3.36. The smallest absolute Gasteiger partial charge is 0.410 e. The van der Waals surface area contributed by atoms with E-state index in [0.29, 0.717) is 32.4 Å². The van der Waals surface area contributed by atoms with Gasteiger partial charge in [0.15, 0.2) is 0 Å². The van der Waals surface area contributed by atoms with Crippen molar-refractivity contribution in [1.82, 2.24) is 9.88 Å². The quantitative estimate of drug-likeness (QED) is 0.840. The fourth-order valence-corrected chi connectivity index (χ4v) is 2.42. The van der Waals surface area contributed by atoms with Crippen LogP contribution >= 0.6 is 0 Å². The Morgan fingerprint density at radius 2 is 2.05 bits per heavy atom. The van der Waals surface area contributed by atoms with Crippen LogP contribution in [0.3, 0.4) is 0 Å². The van der Waals surface area contributed by atoms with Gasteiger partial charge in [-0.2, -0.15) is 0 Å².